The van der Waals surface area contributed by atoms with Gasteiger partial charge >= 0.3 is 5.97 Å². The summed E-state index contributed by atoms with van der Waals surface area (Å²) < 4.78 is 7.04. The maximum absolute atomic E-state index is 13.3. The zero-order valence-corrected chi connectivity index (χ0v) is 23.8. The van der Waals surface area contributed by atoms with E-state index in [-0.39, 0.29) is 56.5 Å². The number of benzene rings is 2. The van der Waals surface area contributed by atoms with E-state index in [1.807, 2.05) is 48.9 Å². The normalized spacial score (nSPS) is 17.4. The van der Waals surface area contributed by atoms with Crippen LogP contribution in [0.1, 0.15) is 59.8 Å². The van der Waals surface area contributed by atoms with Crippen molar-refractivity contribution in [3.05, 3.63) is 70.9 Å². The molecule has 0 unspecified atom stereocenters. The molecule has 35 heavy (non-hydrogen) atoms. The fourth-order valence-electron chi connectivity index (χ4n) is 4.80. The minimum absolute atomic E-state index is 0. The molecule has 0 saturated heterocycles. The number of esters is 1. The second-order valence-corrected chi connectivity index (χ2v) is 9.09. The van der Waals surface area contributed by atoms with Gasteiger partial charge < -0.3 is 10.1 Å². The first-order valence-electron chi connectivity index (χ1n) is 12.0. The van der Waals surface area contributed by atoms with E-state index in [9.17, 15) is 9.59 Å². The van der Waals surface area contributed by atoms with Gasteiger partial charge in [-0.3, -0.25) is 9.59 Å². The second-order valence-electron chi connectivity index (χ2n) is 9.09. The summed E-state index contributed by atoms with van der Waals surface area (Å²) in [4.78, 5) is 25.4. The van der Waals surface area contributed by atoms with Crippen LogP contribution < -0.4 is 5.32 Å². The van der Waals surface area contributed by atoms with E-state index in [1.165, 1.54) is 5.56 Å². The number of nitrogens with zero attached hydrogens (tertiary/aromatic N) is 2. The number of nitrogens with one attached hydrogen (secondary N) is 1. The number of carbonyl (C=O) groups is 2. The molecule has 1 heterocycles. The molecule has 0 aliphatic heterocycles. The number of rotatable bonds is 6. The van der Waals surface area contributed by atoms with Gasteiger partial charge in [-0.05, 0) is 65.0 Å². The first-order valence-corrected chi connectivity index (χ1v) is 12.0. The summed E-state index contributed by atoms with van der Waals surface area (Å²) >= 11 is 0. The predicted octanol–water partition coefficient (Wildman–Crippen LogP) is 5.11. The van der Waals surface area contributed by atoms with Crippen molar-refractivity contribution in [3.63, 3.8) is 0 Å². The van der Waals surface area contributed by atoms with Gasteiger partial charge in [0.15, 0.2) is 5.69 Å². The Kier molecular flexibility index (Phi) is 9.43. The third-order valence-electron chi connectivity index (χ3n) is 6.59. The molecule has 3 aromatic rings. The van der Waals surface area contributed by atoms with Gasteiger partial charge in [-0.15, -0.1) is 5.56 Å². The topological polar surface area (TPSA) is 73.2 Å². The zero-order valence-electron chi connectivity index (χ0n) is 20.9. The van der Waals surface area contributed by atoms with Crippen LogP contribution in [0.3, 0.4) is 0 Å². The molecule has 2 aromatic carbocycles. The van der Waals surface area contributed by atoms with Crippen molar-refractivity contribution in [2.24, 2.45) is 5.92 Å². The number of aryl methyl sites for hydroxylation is 2. The van der Waals surface area contributed by atoms with Gasteiger partial charge in [0.1, 0.15) is 0 Å². The smallest absolute Gasteiger partial charge is 0.308 e. The van der Waals surface area contributed by atoms with Gasteiger partial charge in [0.2, 0.25) is 0 Å². The maximum Gasteiger partial charge on any atom is 0.308 e. The average molecular weight is 547 g/mol. The van der Waals surface area contributed by atoms with Gasteiger partial charge in [-0.25, -0.2) is 4.68 Å². The first-order chi connectivity index (χ1) is 16.4. The Balaban J connectivity index is 0.00000342. The van der Waals surface area contributed by atoms with Crippen LogP contribution >= 0.6 is 0 Å². The third kappa shape index (κ3) is 6.10. The Bertz CT molecular complexity index is 1180. The van der Waals surface area contributed by atoms with Crippen LogP contribution in [0.2, 0.25) is 0 Å². The van der Waals surface area contributed by atoms with Crippen LogP contribution in [0.4, 0.5) is 0 Å². The Morgan fingerprint density at radius 3 is 2.40 bits per heavy atom. The maximum atomic E-state index is 13.3. The summed E-state index contributed by atoms with van der Waals surface area (Å²) in [6.07, 6.45) is 2.97. The molecule has 7 heteroatoms. The van der Waals surface area contributed by atoms with Gasteiger partial charge in [-0.2, -0.15) is 35.4 Å². The Morgan fingerprint density at radius 1 is 1.09 bits per heavy atom. The van der Waals surface area contributed by atoms with Crippen molar-refractivity contribution in [1.82, 2.24) is 15.1 Å². The third-order valence-corrected chi connectivity index (χ3v) is 6.59. The van der Waals surface area contributed by atoms with E-state index in [4.69, 9.17) is 9.84 Å². The molecule has 0 bridgehead atoms. The van der Waals surface area contributed by atoms with Crippen LogP contribution in [0.15, 0.2) is 42.5 Å². The van der Waals surface area contributed by atoms with Crippen LogP contribution in [-0.4, -0.2) is 34.3 Å². The number of aromatic nitrogens is 2. The summed E-state index contributed by atoms with van der Waals surface area (Å²) in [5.41, 5.74) is 6.37. The number of hydrogen-bond acceptors (Lipinski definition) is 4. The summed E-state index contributed by atoms with van der Waals surface area (Å²) in [5.74, 6) is -0.371. The monoisotopic (exact) mass is 547 g/mol. The van der Waals surface area contributed by atoms with Crippen molar-refractivity contribution < 1.29 is 47.0 Å². The molecule has 181 valence electrons. The minimum Gasteiger partial charge on any atom is -0.466 e. The number of ether oxygens (including phenoxy) is 1. The molecule has 0 spiro atoms. The fraction of sp³-hybridized carbons (Fsp3) is 0.393. The summed E-state index contributed by atoms with van der Waals surface area (Å²) in [6.45, 7) is 8.30. The van der Waals surface area contributed by atoms with Crippen LogP contribution in [-0.2, 0) is 42.2 Å². The van der Waals surface area contributed by atoms with Crippen molar-refractivity contribution in [1.29, 1.82) is 0 Å². The first kappa shape index (κ1) is 27.3. The molecule has 1 saturated carbocycles. The molecule has 0 atom stereocenters. The standard InChI is InChI=1S/C28H32N3O3.Y/c1-5-34-28(33)22-12-14-23(15-13-22)29-27(32)25-20(4)26(21-9-7-6-8-10-21)31(30-25)24-16-11-18(2)17-19(24)3;/h7-11,16-17,22-23H,5,12-15H2,1-4H3,(H,29,32);/q-1;. The molecular formula is C28H32N3O3Y-. The van der Waals surface area contributed by atoms with Crippen molar-refractivity contribution in [2.75, 3.05) is 6.61 Å². The average Bonchev–Trinajstić information content (AvgIpc) is 3.17. The fourth-order valence-corrected chi connectivity index (χ4v) is 4.80. The van der Waals surface area contributed by atoms with E-state index in [2.05, 4.69) is 37.4 Å². The molecule has 1 fully saturated rings. The second kappa shape index (κ2) is 12.1. The molecule has 1 aliphatic rings. The van der Waals surface area contributed by atoms with Gasteiger partial charge in [-0.1, -0.05) is 17.7 Å². The minimum atomic E-state index is -0.177. The summed E-state index contributed by atoms with van der Waals surface area (Å²) in [5, 5.41) is 7.96. The number of hydrogen-bond donors (Lipinski definition) is 1. The van der Waals surface area contributed by atoms with E-state index in [0.29, 0.717) is 12.3 Å². The largest absolute Gasteiger partial charge is 0.466 e. The van der Waals surface area contributed by atoms with Gasteiger partial charge in [0.25, 0.3) is 5.91 Å². The molecule has 1 aliphatic carbocycles. The molecule has 1 radical (unpaired) electrons. The van der Waals surface area contributed by atoms with Crippen molar-refractivity contribution >= 4 is 11.9 Å². The Morgan fingerprint density at radius 2 is 1.77 bits per heavy atom. The molecule has 4 rings (SSSR count). The molecule has 1 N–H and O–H groups in total. The van der Waals surface area contributed by atoms with E-state index >= 15 is 0 Å². The Hall–Kier alpha value is -2.31. The summed E-state index contributed by atoms with van der Waals surface area (Å²) in [7, 11) is 0. The van der Waals surface area contributed by atoms with Crippen LogP contribution in [0.25, 0.3) is 16.9 Å². The summed E-state index contributed by atoms with van der Waals surface area (Å²) in [6, 6.07) is 17.0. The van der Waals surface area contributed by atoms with Gasteiger partial charge in [0, 0.05) is 44.3 Å². The predicted molar refractivity (Wildman–Crippen MR) is 132 cm³/mol. The number of carbonyl (C=O) groups excluding carboxylic acids is 2. The molecule has 1 aromatic heterocycles. The molecule has 6 nitrogen and oxygen atoms in total. The van der Waals surface area contributed by atoms with E-state index in [1.54, 1.807) is 0 Å². The van der Waals surface area contributed by atoms with Crippen LogP contribution in [0.5, 0.6) is 0 Å². The molecule has 1 amide bonds. The quantitative estimate of drug-likeness (QED) is 0.344. The van der Waals surface area contributed by atoms with Gasteiger partial charge in [0.05, 0.1) is 23.9 Å². The number of amides is 1. The van der Waals surface area contributed by atoms with Crippen molar-refractivity contribution in [2.45, 2.75) is 59.4 Å². The SMILES string of the molecule is CCOC(=O)C1CCC(NC(=O)c2nn(-c3ccc(C)cc3C)c(-c3cc[c-]cc3)c2C)CC1.[Y]. The Labute approximate surface area is 232 Å². The molecular weight excluding hydrogens is 515 g/mol. The van der Waals surface area contributed by atoms with Crippen molar-refractivity contribution in [3.8, 4) is 16.9 Å². The van der Waals surface area contributed by atoms with E-state index < -0.39 is 0 Å². The zero-order chi connectivity index (χ0) is 24.2. The van der Waals surface area contributed by atoms with E-state index in [0.717, 1.165) is 53.8 Å². The van der Waals surface area contributed by atoms with Crippen LogP contribution in [0, 0.1) is 32.8 Å².